The molecule has 1 nitrogen and oxygen atoms in total. The highest BCUT2D eigenvalue weighted by atomic mass is 15.1. The van der Waals surface area contributed by atoms with Crippen molar-refractivity contribution in [1.82, 2.24) is 4.90 Å². The molecule has 0 aromatic heterocycles. The minimum absolute atomic E-state index is 0.755. The molecule has 1 saturated heterocycles. The van der Waals surface area contributed by atoms with Gasteiger partial charge in [-0.15, -0.1) is 0 Å². The number of benzene rings is 1. The summed E-state index contributed by atoms with van der Waals surface area (Å²) in [5, 5.41) is 0. The maximum Gasteiger partial charge on any atom is -0.00156 e. The molecular formula is C18H29N. The van der Waals surface area contributed by atoms with Gasteiger partial charge in [0, 0.05) is 0 Å². The van der Waals surface area contributed by atoms with Gasteiger partial charge in [-0.05, 0) is 68.8 Å². The molecule has 0 unspecified atom stereocenters. The standard InChI is InChI=1S/C18H29N/c1-16(2)15-18-10-8-17(9-11-18)7-6-14-19-12-4-3-5-13-19/h8-11,16H,3-7,12-15H2,1-2H3. The van der Waals surface area contributed by atoms with Crippen LogP contribution in [0.5, 0.6) is 0 Å². The molecule has 0 amide bonds. The lowest BCUT2D eigenvalue weighted by Gasteiger charge is -2.26. The zero-order chi connectivity index (χ0) is 13.5. The van der Waals surface area contributed by atoms with E-state index >= 15 is 0 Å². The molecule has 1 heterocycles. The SMILES string of the molecule is CC(C)Cc1ccc(CCCN2CCCCC2)cc1. The average molecular weight is 259 g/mol. The van der Waals surface area contributed by atoms with Gasteiger partial charge in [0.05, 0.1) is 0 Å². The normalized spacial score (nSPS) is 17.0. The van der Waals surface area contributed by atoms with Crippen LogP contribution in [-0.2, 0) is 12.8 Å². The van der Waals surface area contributed by atoms with Crippen molar-refractivity contribution in [3.63, 3.8) is 0 Å². The van der Waals surface area contributed by atoms with E-state index in [2.05, 4.69) is 43.0 Å². The summed E-state index contributed by atoms with van der Waals surface area (Å²) in [5.74, 6) is 0.755. The number of piperidine rings is 1. The quantitative estimate of drug-likeness (QED) is 0.736. The molecule has 1 aromatic rings. The van der Waals surface area contributed by atoms with Gasteiger partial charge in [-0.2, -0.15) is 0 Å². The highest BCUT2D eigenvalue weighted by molar-refractivity contribution is 5.22. The fraction of sp³-hybridized carbons (Fsp3) is 0.667. The summed E-state index contributed by atoms with van der Waals surface area (Å²) < 4.78 is 0. The van der Waals surface area contributed by atoms with E-state index in [0.717, 1.165) is 5.92 Å². The van der Waals surface area contributed by atoms with E-state index in [9.17, 15) is 0 Å². The van der Waals surface area contributed by atoms with Crippen LogP contribution in [0.2, 0.25) is 0 Å². The highest BCUT2D eigenvalue weighted by Gasteiger charge is 2.09. The predicted molar refractivity (Wildman–Crippen MR) is 83.6 cm³/mol. The summed E-state index contributed by atoms with van der Waals surface area (Å²) in [6, 6.07) is 9.29. The van der Waals surface area contributed by atoms with E-state index in [-0.39, 0.29) is 0 Å². The molecule has 1 heteroatoms. The summed E-state index contributed by atoms with van der Waals surface area (Å²) >= 11 is 0. The van der Waals surface area contributed by atoms with Crippen molar-refractivity contribution in [2.75, 3.05) is 19.6 Å². The number of nitrogens with zero attached hydrogens (tertiary/aromatic N) is 1. The van der Waals surface area contributed by atoms with Gasteiger partial charge in [-0.1, -0.05) is 44.5 Å². The fourth-order valence-corrected chi connectivity index (χ4v) is 3.00. The number of aryl methyl sites for hydroxylation is 1. The topological polar surface area (TPSA) is 3.24 Å². The Hall–Kier alpha value is -0.820. The minimum Gasteiger partial charge on any atom is -0.303 e. The Labute approximate surface area is 119 Å². The van der Waals surface area contributed by atoms with Crippen molar-refractivity contribution in [1.29, 1.82) is 0 Å². The molecule has 1 aliphatic heterocycles. The molecule has 0 N–H and O–H groups in total. The Morgan fingerprint density at radius 3 is 2.21 bits per heavy atom. The first kappa shape index (κ1) is 14.6. The molecule has 0 radical (unpaired) electrons. The first-order chi connectivity index (χ1) is 9.24. The Balaban J connectivity index is 1.70. The van der Waals surface area contributed by atoms with Gasteiger partial charge < -0.3 is 4.90 Å². The smallest absolute Gasteiger partial charge is 0.00156 e. The molecule has 0 aliphatic carbocycles. The van der Waals surface area contributed by atoms with Crippen LogP contribution < -0.4 is 0 Å². The molecule has 0 atom stereocenters. The van der Waals surface area contributed by atoms with Gasteiger partial charge in [-0.3, -0.25) is 0 Å². The lowest BCUT2D eigenvalue weighted by Crippen LogP contribution is -2.30. The fourth-order valence-electron chi connectivity index (χ4n) is 3.00. The lowest BCUT2D eigenvalue weighted by molar-refractivity contribution is 0.226. The maximum atomic E-state index is 2.64. The van der Waals surface area contributed by atoms with E-state index in [4.69, 9.17) is 0 Å². The molecule has 19 heavy (non-hydrogen) atoms. The van der Waals surface area contributed by atoms with Crippen molar-refractivity contribution in [3.05, 3.63) is 35.4 Å². The van der Waals surface area contributed by atoms with Crippen LogP contribution in [0.3, 0.4) is 0 Å². The first-order valence-electron chi connectivity index (χ1n) is 8.04. The molecule has 1 aliphatic rings. The second-order valence-electron chi connectivity index (χ2n) is 6.42. The predicted octanol–water partition coefficient (Wildman–Crippen LogP) is 4.30. The third kappa shape index (κ3) is 5.36. The molecule has 1 aromatic carbocycles. The van der Waals surface area contributed by atoms with Crippen molar-refractivity contribution in [2.45, 2.75) is 52.4 Å². The highest BCUT2D eigenvalue weighted by Crippen LogP contribution is 2.13. The Bertz CT molecular complexity index is 346. The van der Waals surface area contributed by atoms with Crippen LogP contribution >= 0.6 is 0 Å². The minimum atomic E-state index is 0.755. The summed E-state index contributed by atoms with van der Waals surface area (Å²) in [6.07, 6.45) is 8.00. The third-order valence-corrected chi connectivity index (χ3v) is 4.06. The molecule has 1 fully saturated rings. The monoisotopic (exact) mass is 259 g/mol. The second-order valence-corrected chi connectivity index (χ2v) is 6.42. The number of likely N-dealkylation sites (tertiary alicyclic amines) is 1. The Morgan fingerprint density at radius 1 is 0.947 bits per heavy atom. The molecule has 0 saturated carbocycles. The van der Waals surface area contributed by atoms with Crippen molar-refractivity contribution in [2.24, 2.45) is 5.92 Å². The van der Waals surface area contributed by atoms with Crippen LogP contribution in [-0.4, -0.2) is 24.5 Å². The summed E-state index contributed by atoms with van der Waals surface area (Å²) in [4.78, 5) is 2.64. The van der Waals surface area contributed by atoms with E-state index in [1.165, 1.54) is 69.3 Å². The summed E-state index contributed by atoms with van der Waals surface area (Å²) in [5.41, 5.74) is 2.99. The van der Waals surface area contributed by atoms with Gasteiger partial charge in [0.2, 0.25) is 0 Å². The molecule has 106 valence electrons. The molecular weight excluding hydrogens is 230 g/mol. The second kappa shape index (κ2) is 7.69. The molecule has 2 rings (SSSR count). The van der Waals surface area contributed by atoms with E-state index in [1.54, 1.807) is 0 Å². The van der Waals surface area contributed by atoms with Crippen LogP contribution in [0.25, 0.3) is 0 Å². The zero-order valence-corrected chi connectivity index (χ0v) is 12.7. The summed E-state index contributed by atoms with van der Waals surface area (Å²) in [6.45, 7) is 8.51. The van der Waals surface area contributed by atoms with Gasteiger partial charge in [0.25, 0.3) is 0 Å². The molecule has 0 bridgehead atoms. The Morgan fingerprint density at radius 2 is 1.58 bits per heavy atom. The maximum absolute atomic E-state index is 2.64. The van der Waals surface area contributed by atoms with Crippen LogP contribution in [0, 0.1) is 5.92 Å². The first-order valence-corrected chi connectivity index (χ1v) is 8.04. The van der Waals surface area contributed by atoms with Crippen LogP contribution in [0.1, 0.15) is 50.7 Å². The average Bonchev–Trinajstić information content (AvgIpc) is 2.41. The van der Waals surface area contributed by atoms with E-state index < -0.39 is 0 Å². The number of hydrogen-bond donors (Lipinski definition) is 0. The van der Waals surface area contributed by atoms with E-state index in [1.807, 2.05) is 0 Å². The van der Waals surface area contributed by atoms with Crippen molar-refractivity contribution < 1.29 is 0 Å². The lowest BCUT2D eigenvalue weighted by atomic mass is 10.0. The summed E-state index contributed by atoms with van der Waals surface area (Å²) in [7, 11) is 0. The number of rotatable bonds is 6. The van der Waals surface area contributed by atoms with Crippen LogP contribution in [0.4, 0.5) is 0 Å². The van der Waals surface area contributed by atoms with Gasteiger partial charge in [0.15, 0.2) is 0 Å². The van der Waals surface area contributed by atoms with Gasteiger partial charge >= 0.3 is 0 Å². The van der Waals surface area contributed by atoms with Crippen molar-refractivity contribution >= 4 is 0 Å². The van der Waals surface area contributed by atoms with Gasteiger partial charge in [-0.25, -0.2) is 0 Å². The Kier molecular flexibility index (Phi) is 5.91. The van der Waals surface area contributed by atoms with E-state index in [0.29, 0.717) is 0 Å². The third-order valence-electron chi connectivity index (χ3n) is 4.06. The number of hydrogen-bond acceptors (Lipinski definition) is 1. The van der Waals surface area contributed by atoms with Crippen LogP contribution in [0.15, 0.2) is 24.3 Å². The molecule has 0 spiro atoms. The zero-order valence-electron chi connectivity index (χ0n) is 12.7. The van der Waals surface area contributed by atoms with Crippen molar-refractivity contribution in [3.8, 4) is 0 Å². The largest absolute Gasteiger partial charge is 0.303 e. The van der Waals surface area contributed by atoms with Gasteiger partial charge in [0.1, 0.15) is 0 Å².